The summed E-state index contributed by atoms with van der Waals surface area (Å²) in [6.45, 7) is 13.0. The van der Waals surface area contributed by atoms with Crippen LogP contribution in [-0.4, -0.2) is 24.6 Å². The molecule has 0 atom stereocenters. The molecule has 2 heterocycles. The number of pyridine rings is 1. The van der Waals surface area contributed by atoms with Gasteiger partial charge in [0.05, 0.1) is 5.02 Å². The highest BCUT2D eigenvalue weighted by atomic mass is 35.5. The molecule has 3 nitrogen and oxygen atoms in total. The van der Waals surface area contributed by atoms with Crippen LogP contribution in [0.3, 0.4) is 0 Å². The molecule has 0 saturated carbocycles. The summed E-state index contributed by atoms with van der Waals surface area (Å²) in [5.41, 5.74) is 1.53. The van der Waals surface area contributed by atoms with E-state index in [2.05, 4.69) is 49.0 Å². The van der Waals surface area contributed by atoms with E-state index in [9.17, 15) is 0 Å². The standard InChI is InChI=1S/C16H26ClN3/c1-12(2)8-18-9-13-7-15(19-10-14(13)17)20-6-5-16(3,4)11-20/h7,10,12,18H,5-6,8-9,11H2,1-4H3. The maximum atomic E-state index is 6.25. The van der Waals surface area contributed by atoms with Gasteiger partial charge >= 0.3 is 0 Å². The highest BCUT2D eigenvalue weighted by Crippen LogP contribution is 2.32. The van der Waals surface area contributed by atoms with Crippen LogP contribution >= 0.6 is 11.6 Å². The topological polar surface area (TPSA) is 28.2 Å². The van der Waals surface area contributed by atoms with Crippen molar-refractivity contribution in [2.75, 3.05) is 24.5 Å². The molecule has 1 aromatic heterocycles. The predicted octanol–water partition coefficient (Wildman–Crippen LogP) is 3.72. The van der Waals surface area contributed by atoms with Crippen LogP contribution in [0, 0.1) is 11.3 Å². The number of hydrogen-bond acceptors (Lipinski definition) is 3. The fourth-order valence-corrected chi connectivity index (χ4v) is 2.75. The zero-order chi connectivity index (χ0) is 14.8. The van der Waals surface area contributed by atoms with Gasteiger partial charge in [0.2, 0.25) is 0 Å². The normalized spacial score (nSPS) is 18.0. The van der Waals surface area contributed by atoms with Gasteiger partial charge in [-0.2, -0.15) is 0 Å². The molecule has 0 bridgehead atoms. The van der Waals surface area contributed by atoms with E-state index in [1.165, 1.54) is 6.42 Å². The van der Waals surface area contributed by atoms with Gasteiger partial charge in [-0.3, -0.25) is 0 Å². The van der Waals surface area contributed by atoms with Crippen LogP contribution < -0.4 is 10.2 Å². The van der Waals surface area contributed by atoms with E-state index in [-0.39, 0.29) is 0 Å². The van der Waals surface area contributed by atoms with Crippen LogP contribution in [0.15, 0.2) is 12.3 Å². The number of hydrogen-bond donors (Lipinski definition) is 1. The first kappa shape index (κ1) is 15.6. The molecule has 1 aliphatic heterocycles. The van der Waals surface area contributed by atoms with E-state index in [0.717, 1.165) is 42.6 Å². The third-order valence-corrected chi connectivity index (χ3v) is 4.13. The van der Waals surface area contributed by atoms with Crippen molar-refractivity contribution in [1.82, 2.24) is 10.3 Å². The van der Waals surface area contributed by atoms with Gasteiger partial charge < -0.3 is 10.2 Å². The molecule has 20 heavy (non-hydrogen) atoms. The molecular formula is C16H26ClN3. The molecule has 1 fully saturated rings. The molecule has 1 N–H and O–H groups in total. The third kappa shape index (κ3) is 4.10. The highest BCUT2D eigenvalue weighted by molar-refractivity contribution is 6.31. The summed E-state index contributed by atoms with van der Waals surface area (Å²) in [4.78, 5) is 6.86. The molecule has 0 aliphatic carbocycles. The van der Waals surface area contributed by atoms with Gasteiger partial charge in [0.1, 0.15) is 5.82 Å². The Morgan fingerprint density at radius 3 is 2.80 bits per heavy atom. The van der Waals surface area contributed by atoms with E-state index < -0.39 is 0 Å². The largest absolute Gasteiger partial charge is 0.356 e. The SMILES string of the molecule is CC(C)CNCc1cc(N2CCC(C)(C)C2)ncc1Cl. The van der Waals surface area contributed by atoms with Crippen molar-refractivity contribution in [3.63, 3.8) is 0 Å². The molecule has 0 aromatic carbocycles. The summed E-state index contributed by atoms with van der Waals surface area (Å²) >= 11 is 6.25. The zero-order valence-electron chi connectivity index (χ0n) is 13.0. The first-order chi connectivity index (χ1) is 9.37. The minimum absolute atomic E-state index is 0.386. The molecule has 0 amide bonds. The second kappa shape index (κ2) is 6.31. The minimum atomic E-state index is 0.386. The first-order valence-corrected chi connectivity index (χ1v) is 7.85. The predicted molar refractivity (Wildman–Crippen MR) is 86.4 cm³/mol. The lowest BCUT2D eigenvalue weighted by molar-refractivity contribution is 0.418. The average molecular weight is 296 g/mol. The van der Waals surface area contributed by atoms with Crippen molar-refractivity contribution in [2.45, 2.75) is 40.7 Å². The lowest BCUT2D eigenvalue weighted by Crippen LogP contribution is -2.24. The maximum Gasteiger partial charge on any atom is 0.128 e. The smallest absolute Gasteiger partial charge is 0.128 e. The summed E-state index contributed by atoms with van der Waals surface area (Å²) in [5.74, 6) is 1.70. The van der Waals surface area contributed by atoms with Crippen LogP contribution in [0.2, 0.25) is 5.02 Å². The maximum absolute atomic E-state index is 6.25. The summed E-state index contributed by atoms with van der Waals surface area (Å²) in [6.07, 6.45) is 3.01. The van der Waals surface area contributed by atoms with Gasteiger partial charge in [0, 0.05) is 25.8 Å². The molecular weight excluding hydrogens is 270 g/mol. The van der Waals surface area contributed by atoms with Gasteiger partial charge in [-0.25, -0.2) is 4.98 Å². The Hall–Kier alpha value is -0.800. The summed E-state index contributed by atoms with van der Waals surface area (Å²) in [5, 5.41) is 4.20. The Morgan fingerprint density at radius 2 is 2.20 bits per heavy atom. The van der Waals surface area contributed by atoms with E-state index in [1.54, 1.807) is 6.20 Å². The Kier molecular flexibility index (Phi) is 4.92. The van der Waals surface area contributed by atoms with Gasteiger partial charge in [-0.1, -0.05) is 39.3 Å². The number of halogens is 1. The quantitative estimate of drug-likeness (QED) is 0.897. The van der Waals surface area contributed by atoms with E-state index >= 15 is 0 Å². The van der Waals surface area contributed by atoms with Gasteiger partial charge in [0.15, 0.2) is 0 Å². The number of nitrogens with zero attached hydrogens (tertiary/aromatic N) is 2. The van der Waals surface area contributed by atoms with Gasteiger partial charge in [-0.05, 0) is 35.9 Å². The third-order valence-electron chi connectivity index (χ3n) is 3.79. The van der Waals surface area contributed by atoms with Crippen molar-refractivity contribution < 1.29 is 0 Å². The van der Waals surface area contributed by atoms with Crippen molar-refractivity contribution >= 4 is 17.4 Å². The van der Waals surface area contributed by atoms with E-state index in [1.807, 2.05) is 0 Å². The molecule has 1 saturated heterocycles. The fraction of sp³-hybridized carbons (Fsp3) is 0.688. The number of anilines is 1. The molecule has 1 aromatic rings. The Bertz CT molecular complexity index is 457. The fourth-order valence-electron chi connectivity index (χ4n) is 2.58. The number of rotatable bonds is 5. The summed E-state index contributed by atoms with van der Waals surface area (Å²) in [6, 6.07) is 2.14. The van der Waals surface area contributed by atoms with Crippen molar-refractivity contribution in [3.8, 4) is 0 Å². The Labute approximate surface area is 127 Å². The molecule has 0 spiro atoms. The Balaban J connectivity index is 2.05. The van der Waals surface area contributed by atoms with Crippen LogP contribution in [0.1, 0.15) is 39.7 Å². The van der Waals surface area contributed by atoms with E-state index in [4.69, 9.17) is 11.6 Å². The zero-order valence-corrected chi connectivity index (χ0v) is 13.8. The number of aromatic nitrogens is 1. The second-order valence-corrected chi connectivity index (χ2v) is 7.40. The second-order valence-electron chi connectivity index (χ2n) is 6.99. The van der Waals surface area contributed by atoms with Crippen LogP contribution in [0.5, 0.6) is 0 Å². The lowest BCUT2D eigenvalue weighted by atomic mass is 9.93. The van der Waals surface area contributed by atoms with Crippen molar-refractivity contribution in [1.29, 1.82) is 0 Å². The first-order valence-electron chi connectivity index (χ1n) is 7.47. The average Bonchev–Trinajstić information content (AvgIpc) is 2.72. The monoisotopic (exact) mass is 295 g/mol. The molecule has 0 unspecified atom stereocenters. The van der Waals surface area contributed by atoms with Gasteiger partial charge in [0.25, 0.3) is 0 Å². The minimum Gasteiger partial charge on any atom is -0.356 e. The van der Waals surface area contributed by atoms with Gasteiger partial charge in [-0.15, -0.1) is 0 Å². The molecule has 0 radical (unpaired) electrons. The lowest BCUT2D eigenvalue weighted by Gasteiger charge is -2.21. The van der Waals surface area contributed by atoms with Crippen molar-refractivity contribution in [2.24, 2.45) is 11.3 Å². The van der Waals surface area contributed by atoms with E-state index in [0.29, 0.717) is 11.3 Å². The van der Waals surface area contributed by atoms with Crippen molar-refractivity contribution in [3.05, 3.63) is 22.8 Å². The summed E-state index contributed by atoms with van der Waals surface area (Å²) in [7, 11) is 0. The molecule has 1 aliphatic rings. The summed E-state index contributed by atoms with van der Waals surface area (Å²) < 4.78 is 0. The molecule has 4 heteroatoms. The van der Waals surface area contributed by atoms with Crippen LogP contribution in [0.25, 0.3) is 0 Å². The van der Waals surface area contributed by atoms with Crippen LogP contribution in [0.4, 0.5) is 5.82 Å². The Morgan fingerprint density at radius 1 is 1.45 bits per heavy atom. The molecule has 112 valence electrons. The molecule has 2 rings (SSSR count). The number of nitrogens with one attached hydrogen (secondary N) is 1. The highest BCUT2D eigenvalue weighted by Gasteiger charge is 2.30. The van der Waals surface area contributed by atoms with Crippen LogP contribution in [-0.2, 0) is 6.54 Å².